The normalized spacial score (nSPS) is 8.54. The number of aromatic hydroxyl groups is 1. The number of nitrogens with two attached hydrogens (primary N) is 1. The van der Waals surface area contributed by atoms with Crippen LogP contribution in [-0.4, -0.2) is 5.11 Å². The molecule has 0 unspecified atom stereocenters. The van der Waals surface area contributed by atoms with Crippen molar-refractivity contribution >= 4 is 5.69 Å². The van der Waals surface area contributed by atoms with Crippen molar-refractivity contribution in [2.45, 2.75) is 26.7 Å². The van der Waals surface area contributed by atoms with E-state index in [2.05, 4.69) is 19.3 Å². The highest BCUT2D eigenvalue weighted by atomic mass is 16.3. The molecule has 3 heteroatoms. The summed E-state index contributed by atoms with van der Waals surface area (Å²) in [7, 11) is 0. The Morgan fingerprint density at radius 1 is 1.15 bits per heavy atom. The second-order valence-corrected chi connectivity index (χ2v) is 2.69. The Kier molecular flexibility index (Phi) is 6.73. The van der Waals surface area contributed by atoms with Crippen molar-refractivity contribution in [1.29, 1.82) is 0 Å². The zero-order valence-electron chi connectivity index (χ0n) is 8.25. The molecule has 3 nitrogen and oxygen atoms in total. The molecule has 13 heavy (non-hydrogen) atoms. The van der Waals surface area contributed by atoms with Crippen LogP contribution in [0.3, 0.4) is 0 Å². The van der Waals surface area contributed by atoms with E-state index in [-0.39, 0.29) is 5.75 Å². The fraction of sp³-hybridized carbons (Fsp3) is 0.400. The smallest absolute Gasteiger partial charge is 0.115 e. The number of rotatable bonds is 2. The molecule has 0 fully saturated rings. The molecule has 0 atom stereocenters. The minimum absolute atomic E-state index is 0.244. The minimum atomic E-state index is 0.244. The lowest BCUT2D eigenvalue weighted by atomic mass is 10.3. The molecule has 0 amide bonds. The number of nitrogen functional groups attached to an aromatic ring is 1. The molecule has 0 aliphatic rings. The lowest BCUT2D eigenvalue weighted by molar-refractivity contribution is 0.475. The molecule has 0 saturated heterocycles. The summed E-state index contributed by atoms with van der Waals surface area (Å²) in [5.41, 5.74) is 3.23. The number of hydrazine groups is 1. The third kappa shape index (κ3) is 5.99. The van der Waals surface area contributed by atoms with Gasteiger partial charge < -0.3 is 10.5 Å². The summed E-state index contributed by atoms with van der Waals surface area (Å²) in [5, 5.41) is 8.78. The average Bonchev–Trinajstić information content (AvgIpc) is 2.19. The van der Waals surface area contributed by atoms with Gasteiger partial charge in [-0.25, -0.2) is 0 Å². The Morgan fingerprint density at radius 2 is 1.62 bits per heavy atom. The third-order valence-electron chi connectivity index (χ3n) is 1.53. The van der Waals surface area contributed by atoms with Gasteiger partial charge in [0.05, 0.1) is 0 Å². The summed E-state index contributed by atoms with van der Waals surface area (Å²) in [5.74, 6) is 5.31. The largest absolute Gasteiger partial charge is 0.508 e. The molecule has 0 spiro atoms. The number of phenols is 1. The molecule has 0 aliphatic carbocycles. The lowest BCUT2D eigenvalue weighted by Gasteiger charge is -1.96. The topological polar surface area (TPSA) is 58.3 Å². The van der Waals surface area contributed by atoms with E-state index in [0.717, 1.165) is 5.69 Å². The van der Waals surface area contributed by atoms with Crippen molar-refractivity contribution in [1.82, 2.24) is 0 Å². The van der Waals surface area contributed by atoms with Crippen LogP contribution < -0.4 is 11.3 Å². The number of phenolic OH excluding ortho intramolecular Hbond substituents is 1. The van der Waals surface area contributed by atoms with Crippen LogP contribution in [0.4, 0.5) is 5.69 Å². The number of nitrogens with one attached hydrogen (secondary N) is 1. The minimum Gasteiger partial charge on any atom is -0.508 e. The number of hydrogen-bond donors (Lipinski definition) is 3. The summed E-state index contributed by atoms with van der Waals surface area (Å²) in [6, 6.07) is 6.51. The maximum absolute atomic E-state index is 8.78. The molecule has 0 saturated carbocycles. The summed E-state index contributed by atoms with van der Waals surface area (Å²) >= 11 is 0. The Bertz CT molecular complexity index is 207. The predicted molar refractivity (Wildman–Crippen MR) is 56.5 cm³/mol. The number of benzene rings is 1. The third-order valence-corrected chi connectivity index (χ3v) is 1.53. The van der Waals surface area contributed by atoms with Crippen LogP contribution in [0.5, 0.6) is 5.75 Å². The molecular weight excluding hydrogens is 164 g/mol. The first-order valence-corrected chi connectivity index (χ1v) is 4.50. The molecule has 0 bridgehead atoms. The first-order chi connectivity index (χ1) is 6.24. The number of unbranched alkanes of at least 4 members (excludes halogenated alkanes) is 1. The lowest BCUT2D eigenvalue weighted by Crippen LogP contribution is -2.05. The van der Waals surface area contributed by atoms with Crippen molar-refractivity contribution in [3.05, 3.63) is 24.3 Å². The zero-order valence-corrected chi connectivity index (χ0v) is 8.25. The van der Waals surface area contributed by atoms with Crippen molar-refractivity contribution < 1.29 is 5.11 Å². The van der Waals surface area contributed by atoms with Crippen molar-refractivity contribution in [3.8, 4) is 5.75 Å². The Hall–Kier alpha value is -1.22. The van der Waals surface area contributed by atoms with E-state index in [0.29, 0.717) is 0 Å². The van der Waals surface area contributed by atoms with Crippen molar-refractivity contribution in [2.24, 2.45) is 5.84 Å². The van der Waals surface area contributed by atoms with Crippen LogP contribution in [0.2, 0.25) is 0 Å². The van der Waals surface area contributed by atoms with Crippen molar-refractivity contribution in [3.63, 3.8) is 0 Å². The standard InChI is InChI=1S/C6H8N2O.C4H10/c7-8-5-1-3-6(9)4-2-5;1-3-4-2/h1-4,8-9H,7H2;3-4H2,1-2H3. The van der Waals surface area contributed by atoms with E-state index < -0.39 is 0 Å². The second-order valence-electron chi connectivity index (χ2n) is 2.69. The van der Waals surface area contributed by atoms with Gasteiger partial charge in [0, 0.05) is 5.69 Å². The zero-order chi connectivity index (χ0) is 10.1. The van der Waals surface area contributed by atoms with Crippen LogP contribution in [0.15, 0.2) is 24.3 Å². The van der Waals surface area contributed by atoms with Crippen LogP contribution >= 0.6 is 0 Å². The molecule has 1 aromatic carbocycles. The van der Waals surface area contributed by atoms with Crippen LogP contribution in [0, 0.1) is 0 Å². The molecule has 4 N–H and O–H groups in total. The molecule has 1 rings (SSSR count). The fourth-order valence-corrected chi connectivity index (χ4v) is 0.558. The highest BCUT2D eigenvalue weighted by molar-refractivity contribution is 5.44. The van der Waals surface area contributed by atoms with Gasteiger partial charge in [-0.1, -0.05) is 26.7 Å². The molecule has 0 radical (unpaired) electrons. The van der Waals surface area contributed by atoms with Gasteiger partial charge in [0.25, 0.3) is 0 Å². The predicted octanol–water partition coefficient (Wildman–Crippen LogP) is 2.48. The quantitative estimate of drug-likeness (QED) is 0.374. The maximum Gasteiger partial charge on any atom is 0.115 e. The molecule has 0 aliphatic heterocycles. The van der Waals surface area contributed by atoms with Gasteiger partial charge in [0.2, 0.25) is 0 Å². The molecular formula is C10H18N2O. The molecule has 74 valence electrons. The Balaban J connectivity index is 0.000000310. The van der Waals surface area contributed by atoms with Gasteiger partial charge in [-0.15, -0.1) is 0 Å². The van der Waals surface area contributed by atoms with Crippen LogP contribution in [-0.2, 0) is 0 Å². The van der Waals surface area contributed by atoms with Gasteiger partial charge in [0.15, 0.2) is 0 Å². The maximum atomic E-state index is 8.78. The first-order valence-electron chi connectivity index (χ1n) is 4.50. The monoisotopic (exact) mass is 182 g/mol. The van der Waals surface area contributed by atoms with Gasteiger partial charge in [0.1, 0.15) is 5.75 Å². The fourth-order valence-electron chi connectivity index (χ4n) is 0.558. The van der Waals surface area contributed by atoms with E-state index in [4.69, 9.17) is 10.9 Å². The number of anilines is 1. The summed E-state index contributed by atoms with van der Waals surface area (Å²) < 4.78 is 0. The van der Waals surface area contributed by atoms with E-state index in [1.807, 2.05) is 0 Å². The van der Waals surface area contributed by atoms with E-state index >= 15 is 0 Å². The van der Waals surface area contributed by atoms with E-state index in [1.54, 1.807) is 24.3 Å². The SMILES string of the molecule is CCCC.NNc1ccc(O)cc1. The molecule has 0 aromatic heterocycles. The van der Waals surface area contributed by atoms with Crippen LogP contribution in [0.25, 0.3) is 0 Å². The van der Waals surface area contributed by atoms with Crippen molar-refractivity contribution in [2.75, 3.05) is 5.43 Å². The Labute approximate surface area is 79.6 Å². The van der Waals surface area contributed by atoms with E-state index in [1.165, 1.54) is 12.8 Å². The molecule has 1 aromatic rings. The first kappa shape index (κ1) is 11.8. The van der Waals surface area contributed by atoms with E-state index in [9.17, 15) is 0 Å². The van der Waals surface area contributed by atoms with Gasteiger partial charge >= 0.3 is 0 Å². The molecule has 0 heterocycles. The highest BCUT2D eigenvalue weighted by Crippen LogP contribution is 2.11. The van der Waals surface area contributed by atoms with Gasteiger partial charge in [-0.05, 0) is 24.3 Å². The number of hydrogen-bond acceptors (Lipinski definition) is 3. The summed E-state index contributed by atoms with van der Waals surface area (Å²) in [4.78, 5) is 0. The Morgan fingerprint density at radius 3 is 1.92 bits per heavy atom. The van der Waals surface area contributed by atoms with Gasteiger partial charge in [-0.3, -0.25) is 5.84 Å². The highest BCUT2D eigenvalue weighted by Gasteiger charge is 1.85. The summed E-state index contributed by atoms with van der Waals surface area (Å²) in [6.07, 6.45) is 2.64. The average molecular weight is 182 g/mol. The second kappa shape index (κ2) is 7.43. The van der Waals surface area contributed by atoms with Crippen LogP contribution in [0.1, 0.15) is 26.7 Å². The van der Waals surface area contributed by atoms with Gasteiger partial charge in [-0.2, -0.15) is 0 Å². The summed E-state index contributed by atoms with van der Waals surface area (Å²) in [6.45, 7) is 4.36.